The van der Waals surface area contributed by atoms with Crippen LogP contribution in [0.1, 0.15) is 0 Å². The molecule has 1 heterocycles. The van der Waals surface area contributed by atoms with Gasteiger partial charge in [-0.2, -0.15) is 0 Å². The molecule has 3 nitrogen and oxygen atoms in total. The van der Waals surface area contributed by atoms with Gasteiger partial charge in [-0.1, -0.05) is 84.1 Å². The van der Waals surface area contributed by atoms with Crippen molar-refractivity contribution in [2.75, 3.05) is 12.4 Å². The zero-order chi connectivity index (χ0) is 17.8. The minimum Gasteiger partial charge on any atom is -0.495 e. The Morgan fingerprint density at radius 3 is 2.08 bits per heavy atom. The zero-order valence-electron chi connectivity index (χ0n) is 14.3. The quantitative estimate of drug-likeness (QED) is 0.459. The number of methoxy groups -OCH3 is 1. The van der Waals surface area contributed by atoms with Crippen molar-refractivity contribution in [2.45, 2.75) is 0 Å². The van der Waals surface area contributed by atoms with E-state index in [4.69, 9.17) is 9.72 Å². The number of para-hydroxylation sites is 2. The van der Waals surface area contributed by atoms with Crippen molar-refractivity contribution in [3.05, 3.63) is 84.9 Å². The summed E-state index contributed by atoms with van der Waals surface area (Å²) in [6.07, 6.45) is 0. The molecule has 0 saturated carbocycles. The van der Waals surface area contributed by atoms with Crippen LogP contribution in [-0.4, -0.2) is 12.1 Å². The summed E-state index contributed by atoms with van der Waals surface area (Å²) in [4.78, 5) is 6.03. The molecule has 1 N–H and O–H groups in total. The minimum absolute atomic E-state index is 0.797. The molecule has 0 aliphatic heterocycles. The molecule has 0 aliphatic rings. The van der Waals surface area contributed by atoms with Gasteiger partial charge in [-0.05, 0) is 17.7 Å². The zero-order valence-corrected chi connectivity index (χ0v) is 15.2. The molecule has 0 spiro atoms. The Balaban J connectivity index is 1.79. The molecule has 0 amide bonds. The van der Waals surface area contributed by atoms with Crippen LogP contribution >= 0.6 is 11.3 Å². The van der Waals surface area contributed by atoms with Gasteiger partial charge in [0.2, 0.25) is 0 Å². The predicted molar refractivity (Wildman–Crippen MR) is 109 cm³/mol. The first-order chi connectivity index (χ1) is 12.8. The van der Waals surface area contributed by atoms with E-state index in [2.05, 4.69) is 41.7 Å². The maximum Gasteiger partial charge on any atom is 0.188 e. The fourth-order valence-corrected chi connectivity index (χ4v) is 3.82. The smallest absolute Gasteiger partial charge is 0.188 e. The van der Waals surface area contributed by atoms with Crippen LogP contribution in [0.2, 0.25) is 0 Å². The SMILES string of the molecule is COc1ccccc1Nc1nc(-c2ccccc2)c(-c2ccccc2)s1. The second-order valence-corrected chi connectivity index (χ2v) is 6.75. The number of nitrogens with one attached hydrogen (secondary N) is 1. The number of benzene rings is 3. The Morgan fingerprint density at radius 1 is 0.769 bits per heavy atom. The molecule has 0 bridgehead atoms. The van der Waals surface area contributed by atoms with Crippen LogP contribution in [0.25, 0.3) is 21.7 Å². The predicted octanol–water partition coefficient (Wildman–Crippen LogP) is 6.23. The van der Waals surface area contributed by atoms with Gasteiger partial charge < -0.3 is 10.1 Å². The van der Waals surface area contributed by atoms with E-state index < -0.39 is 0 Å². The summed E-state index contributed by atoms with van der Waals surface area (Å²) in [5, 5.41) is 4.25. The first-order valence-corrected chi connectivity index (χ1v) is 9.18. The topological polar surface area (TPSA) is 34.1 Å². The van der Waals surface area contributed by atoms with Crippen LogP contribution in [0.3, 0.4) is 0 Å². The lowest BCUT2D eigenvalue weighted by Crippen LogP contribution is -1.93. The third-order valence-electron chi connectivity index (χ3n) is 4.06. The standard InChI is InChI=1S/C22H18N2OS/c1-25-19-15-9-8-14-18(19)23-22-24-20(16-10-4-2-5-11-16)21(26-22)17-12-6-3-7-13-17/h2-15H,1H3,(H,23,24). The summed E-state index contributed by atoms with van der Waals surface area (Å²) in [5.74, 6) is 0.797. The maximum absolute atomic E-state index is 5.44. The molecule has 4 rings (SSSR count). The highest BCUT2D eigenvalue weighted by molar-refractivity contribution is 7.19. The summed E-state index contributed by atoms with van der Waals surface area (Å²) in [6.45, 7) is 0. The molecule has 4 aromatic rings. The fraction of sp³-hybridized carbons (Fsp3) is 0.0455. The van der Waals surface area contributed by atoms with Crippen LogP contribution in [-0.2, 0) is 0 Å². The van der Waals surface area contributed by atoms with Crippen molar-refractivity contribution >= 4 is 22.2 Å². The van der Waals surface area contributed by atoms with E-state index in [0.29, 0.717) is 0 Å². The van der Waals surface area contributed by atoms with Gasteiger partial charge in [0, 0.05) is 5.56 Å². The normalized spacial score (nSPS) is 10.5. The van der Waals surface area contributed by atoms with Crippen LogP contribution in [0, 0.1) is 0 Å². The van der Waals surface area contributed by atoms with E-state index in [1.54, 1.807) is 18.4 Å². The number of ether oxygens (including phenoxy) is 1. The van der Waals surface area contributed by atoms with Gasteiger partial charge in [-0.3, -0.25) is 0 Å². The molecule has 3 aromatic carbocycles. The van der Waals surface area contributed by atoms with E-state index >= 15 is 0 Å². The number of nitrogens with zero attached hydrogens (tertiary/aromatic N) is 1. The average molecular weight is 358 g/mol. The Labute approximate surface area is 156 Å². The largest absolute Gasteiger partial charge is 0.495 e. The van der Waals surface area contributed by atoms with Crippen LogP contribution in [0.15, 0.2) is 84.9 Å². The lowest BCUT2D eigenvalue weighted by atomic mass is 10.1. The number of hydrogen-bond acceptors (Lipinski definition) is 4. The molecule has 0 aliphatic carbocycles. The first-order valence-electron chi connectivity index (χ1n) is 8.37. The summed E-state index contributed by atoms with van der Waals surface area (Å²) < 4.78 is 5.44. The van der Waals surface area contributed by atoms with Gasteiger partial charge in [0.25, 0.3) is 0 Å². The van der Waals surface area contributed by atoms with E-state index in [9.17, 15) is 0 Å². The monoisotopic (exact) mass is 358 g/mol. The van der Waals surface area contributed by atoms with Crippen molar-refractivity contribution in [2.24, 2.45) is 0 Å². The van der Waals surface area contributed by atoms with Gasteiger partial charge >= 0.3 is 0 Å². The highest BCUT2D eigenvalue weighted by atomic mass is 32.1. The third-order valence-corrected chi connectivity index (χ3v) is 5.08. The molecular weight excluding hydrogens is 340 g/mol. The molecule has 0 fully saturated rings. The highest BCUT2D eigenvalue weighted by Gasteiger charge is 2.15. The molecule has 26 heavy (non-hydrogen) atoms. The van der Waals surface area contributed by atoms with Gasteiger partial charge in [0.15, 0.2) is 5.13 Å². The second-order valence-electron chi connectivity index (χ2n) is 5.75. The number of aromatic nitrogens is 1. The van der Waals surface area contributed by atoms with Gasteiger partial charge in [-0.25, -0.2) is 4.98 Å². The lowest BCUT2D eigenvalue weighted by Gasteiger charge is -2.07. The van der Waals surface area contributed by atoms with Crippen molar-refractivity contribution in [1.29, 1.82) is 0 Å². The van der Waals surface area contributed by atoms with E-state index in [0.717, 1.165) is 38.3 Å². The molecule has 1 aromatic heterocycles. The fourth-order valence-electron chi connectivity index (χ4n) is 2.81. The molecule has 0 unspecified atom stereocenters. The maximum atomic E-state index is 5.44. The third kappa shape index (κ3) is 3.32. The van der Waals surface area contributed by atoms with Gasteiger partial charge in [0.1, 0.15) is 5.75 Å². The van der Waals surface area contributed by atoms with E-state index in [-0.39, 0.29) is 0 Å². The van der Waals surface area contributed by atoms with Crippen molar-refractivity contribution in [3.8, 4) is 27.4 Å². The van der Waals surface area contributed by atoms with Crippen LogP contribution < -0.4 is 10.1 Å². The highest BCUT2D eigenvalue weighted by Crippen LogP contribution is 2.40. The number of thiazole rings is 1. The molecule has 0 radical (unpaired) electrons. The Bertz CT molecular complexity index is 940. The first kappa shape index (κ1) is 16.4. The summed E-state index contributed by atoms with van der Waals surface area (Å²) >= 11 is 1.64. The van der Waals surface area contributed by atoms with E-state index in [1.165, 1.54) is 0 Å². The Hall–Kier alpha value is -3.11. The van der Waals surface area contributed by atoms with Gasteiger partial charge in [-0.15, -0.1) is 0 Å². The molecule has 0 saturated heterocycles. The summed E-state index contributed by atoms with van der Waals surface area (Å²) in [6, 6.07) is 28.5. The van der Waals surface area contributed by atoms with Gasteiger partial charge in [0.05, 0.1) is 23.4 Å². The van der Waals surface area contributed by atoms with Crippen LogP contribution in [0.5, 0.6) is 5.75 Å². The van der Waals surface area contributed by atoms with E-state index in [1.807, 2.05) is 48.5 Å². The second kappa shape index (κ2) is 7.42. The number of rotatable bonds is 5. The Kier molecular flexibility index (Phi) is 4.67. The number of hydrogen-bond donors (Lipinski definition) is 1. The Morgan fingerprint density at radius 2 is 1.38 bits per heavy atom. The molecule has 0 atom stereocenters. The number of anilines is 2. The molecule has 4 heteroatoms. The van der Waals surface area contributed by atoms with Crippen molar-refractivity contribution in [3.63, 3.8) is 0 Å². The summed E-state index contributed by atoms with van der Waals surface area (Å²) in [5.41, 5.74) is 4.16. The van der Waals surface area contributed by atoms with Crippen molar-refractivity contribution < 1.29 is 4.74 Å². The molecule has 128 valence electrons. The summed E-state index contributed by atoms with van der Waals surface area (Å²) in [7, 11) is 1.67. The minimum atomic E-state index is 0.797. The van der Waals surface area contributed by atoms with Crippen LogP contribution in [0.4, 0.5) is 10.8 Å². The molecular formula is C22H18N2OS. The lowest BCUT2D eigenvalue weighted by molar-refractivity contribution is 0.417. The van der Waals surface area contributed by atoms with Crippen molar-refractivity contribution in [1.82, 2.24) is 4.98 Å². The average Bonchev–Trinajstić information content (AvgIpc) is 3.13.